The molecule has 0 spiro atoms. The van der Waals surface area contributed by atoms with Gasteiger partial charge in [0.15, 0.2) is 0 Å². The second kappa shape index (κ2) is 5.94. The lowest BCUT2D eigenvalue weighted by Crippen LogP contribution is -2.50. The number of fused-ring (bicyclic) bond motifs is 3. The van der Waals surface area contributed by atoms with Gasteiger partial charge in [-0.25, -0.2) is 4.68 Å². The Morgan fingerprint density at radius 1 is 1.39 bits per heavy atom. The van der Waals surface area contributed by atoms with Crippen LogP contribution in [0.15, 0.2) is 30.5 Å². The largest absolute Gasteiger partial charge is 0.370 e. The fraction of sp³-hybridized carbons (Fsp3) is 0.438. The summed E-state index contributed by atoms with van der Waals surface area (Å²) in [5.41, 5.74) is 1.83. The summed E-state index contributed by atoms with van der Waals surface area (Å²) in [5, 5.41) is 8.75. The van der Waals surface area contributed by atoms with Gasteiger partial charge in [-0.1, -0.05) is 35.0 Å². The number of ether oxygens (including phenoxy) is 1. The van der Waals surface area contributed by atoms with Gasteiger partial charge in [-0.05, 0) is 18.1 Å². The van der Waals surface area contributed by atoms with E-state index in [0.717, 1.165) is 17.7 Å². The van der Waals surface area contributed by atoms with Crippen molar-refractivity contribution in [2.24, 2.45) is 0 Å². The SMILES string of the molecule is O=C(Cc1ccccc1Cl)N1CC[C@@H]2OCc3cnnn3[C@@H]2C1. The van der Waals surface area contributed by atoms with Crippen LogP contribution < -0.4 is 0 Å². The van der Waals surface area contributed by atoms with Crippen molar-refractivity contribution in [3.63, 3.8) is 0 Å². The van der Waals surface area contributed by atoms with Crippen molar-refractivity contribution in [1.29, 1.82) is 0 Å². The van der Waals surface area contributed by atoms with Gasteiger partial charge >= 0.3 is 0 Å². The monoisotopic (exact) mass is 332 g/mol. The number of aromatic nitrogens is 3. The van der Waals surface area contributed by atoms with E-state index in [1.807, 2.05) is 33.8 Å². The number of nitrogens with zero attached hydrogens (tertiary/aromatic N) is 4. The average molecular weight is 333 g/mol. The van der Waals surface area contributed by atoms with Gasteiger partial charge in [0.25, 0.3) is 0 Å². The third kappa shape index (κ3) is 2.72. The second-order valence-corrected chi connectivity index (χ2v) is 6.39. The standard InChI is InChI=1S/C16H17ClN4O2/c17-13-4-2-1-3-11(13)7-16(22)20-6-5-15-14(9-20)21-12(10-23-15)8-18-19-21/h1-4,8,14-15H,5-7,9-10H2/t14-,15+/m1/s1. The van der Waals surface area contributed by atoms with Crippen LogP contribution in [-0.2, 0) is 22.6 Å². The maximum atomic E-state index is 12.6. The van der Waals surface area contributed by atoms with Crippen LogP contribution in [0.2, 0.25) is 5.02 Å². The van der Waals surface area contributed by atoms with Gasteiger partial charge in [-0.15, -0.1) is 5.10 Å². The molecule has 23 heavy (non-hydrogen) atoms. The van der Waals surface area contributed by atoms with Crippen molar-refractivity contribution < 1.29 is 9.53 Å². The molecule has 1 fully saturated rings. The van der Waals surface area contributed by atoms with E-state index in [0.29, 0.717) is 31.1 Å². The molecule has 1 aromatic carbocycles. The molecule has 1 amide bonds. The number of amides is 1. The normalized spacial score (nSPS) is 23.3. The van der Waals surface area contributed by atoms with Gasteiger partial charge < -0.3 is 9.64 Å². The molecule has 0 saturated carbocycles. The van der Waals surface area contributed by atoms with Gasteiger partial charge in [0.2, 0.25) is 5.91 Å². The maximum Gasteiger partial charge on any atom is 0.227 e. The minimum absolute atomic E-state index is 0.0465. The topological polar surface area (TPSA) is 60.3 Å². The molecule has 120 valence electrons. The number of rotatable bonds is 2. The van der Waals surface area contributed by atoms with Crippen molar-refractivity contribution in [2.75, 3.05) is 13.1 Å². The summed E-state index contributed by atoms with van der Waals surface area (Å²) in [6.07, 6.45) is 2.97. The van der Waals surface area contributed by atoms with Gasteiger partial charge in [0.1, 0.15) is 0 Å². The molecule has 2 aromatic rings. The maximum absolute atomic E-state index is 12.6. The summed E-state index contributed by atoms with van der Waals surface area (Å²) in [5.74, 6) is 0.0868. The van der Waals surface area contributed by atoms with E-state index in [-0.39, 0.29) is 18.1 Å². The van der Waals surface area contributed by atoms with Crippen LogP contribution in [0.5, 0.6) is 0 Å². The molecule has 0 unspecified atom stereocenters. The van der Waals surface area contributed by atoms with E-state index in [4.69, 9.17) is 16.3 Å². The minimum atomic E-state index is 0.0465. The summed E-state index contributed by atoms with van der Waals surface area (Å²) in [6.45, 7) is 1.85. The molecule has 1 saturated heterocycles. The molecule has 2 atom stereocenters. The van der Waals surface area contributed by atoms with Crippen molar-refractivity contribution in [3.05, 3.63) is 46.7 Å². The van der Waals surface area contributed by atoms with Crippen LogP contribution in [0.1, 0.15) is 23.7 Å². The van der Waals surface area contributed by atoms with E-state index in [2.05, 4.69) is 10.3 Å². The summed E-state index contributed by atoms with van der Waals surface area (Å²) in [4.78, 5) is 14.5. The van der Waals surface area contributed by atoms with E-state index >= 15 is 0 Å². The Morgan fingerprint density at radius 2 is 2.26 bits per heavy atom. The van der Waals surface area contributed by atoms with E-state index in [1.165, 1.54) is 0 Å². The predicted octanol–water partition coefficient (Wildman–Crippen LogP) is 1.85. The molecular weight excluding hydrogens is 316 g/mol. The lowest BCUT2D eigenvalue weighted by atomic mass is 9.99. The zero-order valence-corrected chi connectivity index (χ0v) is 13.3. The highest BCUT2D eigenvalue weighted by Gasteiger charge is 2.37. The van der Waals surface area contributed by atoms with Gasteiger partial charge in [-0.2, -0.15) is 0 Å². The Balaban J connectivity index is 1.49. The lowest BCUT2D eigenvalue weighted by molar-refractivity contribution is -0.137. The lowest BCUT2D eigenvalue weighted by Gasteiger charge is -2.41. The number of benzene rings is 1. The third-order valence-corrected chi connectivity index (χ3v) is 4.95. The molecule has 3 heterocycles. The summed E-state index contributed by atoms with van der Waals surface area (Å²) < 4.78 is 7.78. The third-order valence-electron chi connectivity index (χ3n) is 4.58. The smallest absolute Gasteiger partial charge is 0.227 e. The molecule has 1 aromatic heterocycles. The number of likely N-dealkylation sites (tertiary alicyclic amines) is 1. The van der Waals surface area contributed by atoms with Crippen LogP contribution in [0.3, 0.4) is 0 Å². The Kier molecular flexibility index (Phi) is 3.79. The van der Waals surface area contributed by atoms with Gasteiger partial charge in [-0.3, -0.25) is 4.79 Å². The number of halogens is 1. The number of piperidine rings is 1. The quantitative estimate of drug-likeness (QED) is 0.842. The first-order chi connectivity index (χ1) is 11.2. The number of carbonyl (C=O) groups excluding carboxylic acids is 1. The molecule has 0 bridgehead atoms. The molecular formula is C16H17ClN4O2. The van der Waals surface area contributed by atoms with Crippen LogP contribution in [-0.4, -0.2) is 45.0 Å². The van der Waals surface area contributed by atoms with Crippen LogP contribution in [0.25, 0.3) is 0 Å². The molecule has 2 aliphatic heterocycles. The van der Waals surface area contributed by atoms with E-state index < -0.39 is 0 Å². The summed E-state index contributed by atoms with van der Waals surface area (Å²) in [6, 6.07) is 7.52. The molecule has 0 radical (unpaired) electrons. The number of hydrogen-bond donors (Lipinski definition) is 0. The highest BCUT2D eigenvalue weighted by atomic mass is 35.5. The fourth-order valence-electron chi connectivity index (χ4n) is 3.32. The Labute approximate surface area is 139 Å². The highest BCUT2D eigenvalue weighted by molar-refractivity contribution is 6.31. The summed E-state index contributed by atoms with van der Waals surface area (Å²) in [7, 11) is 0. The molecule has 0 N–H and O–H groups in total. The number of hydrogen-bond acceptors (Lipinski definition) is 4. The zero-order valence-electron chi connectivity index (χ0n) is 12.6. The Morgan fingerprint density at radius 3 is 3.13 bits per heavy atom. The van der Waals surface area contributed by atoms with Gasteiger partial charge in [0, 0.05) is 18.1 Å². The molecule has 4 rings (SSSR count). The van der Waals surface area contributed by atoms with Gasteiger partial charge in [0.05, 0.1) is 37.1 Å². The first kappa shape index (κ1) is 14.7. The summed E-state index contributed by atoms with van der Waals surface area (Å²) >= 11 is 6.16. The van der Waals surface area contributed by atoms with Crippen molar-refractivity contribution in [2.45, 2.75) is 31.6 Å². The van der Waals surface area contributed by atoms with Crippen LogP contribution in [0, 0.1) is 0 Å². The zero-order chi connectivity index (χ0) is 15.8. The van der Waals surface area contributed by atoms with Crippen LogP contribution >= 0.6 is 11.6 Å². The molecule has 6 nitrogen and oxygen atoms in total. The highest BCUT2D eigenvalue weighted by Crippen LogP contribution is 2.30. The van der Waals surface area contributed by atoms with E-state index in [1.54, 1.807) is 6.20 Å². The molecule has 7 heteroatoms. The van der Waals surface area contributed by atoms with E-state index in [9.17, 15) is 4.79 Å². The average Bonchev–Trinajstić information content (AvgIpc) is 3.05. The van der Waals surface area contributed by atoms with Crippen molar-refractivity contribution in [3.8, 4) is 0 Å². The molecule has 2 aliphatic rings. The minimum Gasteiger partial charge on any atom is -0.370 e. The van der Waals surface area contributed by atoms with Crippen molar-refractivity contribution in [1.82, 2.24) is 19.9 Å². The number of carbonyl (C=O) groups is 1. The molecule has 0 aliphatic carbocycles. The first-order valence-electron chi connectivity index (χ1n) is 7.74. The Bertz CT molecular complexity index is 732. The first-order valence-corrected chi connectivity index (χ1v) is 8.12. The van der Waals surface area contributed by atoms with Crippen LogP contribution in [0.4, 0.5) is 0 Å². The van der Waals surface area contributed by atoms with Crippen molar-refractivity contribution >= 4 is 17.5 Å². The fourth-order valence-corrected chi connectivity index (χ4v) is 3.52. The predicted molar refractivity (Wildman–Crippen MR) is 84.0 cm³/mol. The second-order valence-electron chi connectivity index (χ2n) is 5.98. The Hall–Kier alpha value is -1.92.